The van der Waals surface area contributed by atoms with Gasteiger partial charge < -0.3 is 14.8 Å². The van der Waals surface area contributed by atoms with Crippen LogP contribution in [0.1, 0.15) is 39.9 Å². The smallest absolute Gasteiger partial charge is 0.220 e. The van der Waals surface area contributed by atoms with Crippen LogP contribution in [0.25, 0.3) is 0 Å². The van der Waals surface area contributed by atoms with Gasteiger partial charge in [-0.1, -0.05) is 33.6 Å². The first kappa shape index (κ1) is 22.0. The number of rotatable bonds is 9. The number of methoxy groups -OCH3 is 2. The molecule has 0 atom stereocenters. The summed E-state index contributed by atoms with van der Waals surface area (Å²) in [5.41, 5.74) is 3.68. The molecule has 150 valence electrons. The molecule has 2 aromatic rings. The van der Waals surface area contributed by atoms with Gasteiger partial charge in [0.25, 0.3) is 0 Å². The molecule has 0 unspecified atom stereocenters. The Kier molecular flexibility index (Phi) is 8.05. The average Bonchev–Trinajstić information content (AvgIpc) is 2.68. The lowest BCUT2D eigenvalue weighted by Gasteiger charge is -2.12. The Hall–Kier alpha value is -2.34. The third-order valence-electron chi connectivity index (χ3n) is 4.54. The van der Waals surface area contributed by atoms with Gasteiger partial charge in [0, 0.05) is 29.4 Å². The molecule has 0 aliphatic rings. The molecule has 0 fully saturated rings. The second-order valence-corrected chi connectivity index (χ2v) is 7.49. The molecule has 5 nitrogen and oxygen atoms in total. The number of nitrogens with one attached hydrogen (secondary N) is 1. The van der Waals surface area contributed by atoms with Crippen molar-refractivity contribution in [1.82, 2.24) is 5.32 Å². The van der Waals surface area contributed by atoms with Crippen molar-refractivity contribution in [3.05, 3.63) is 57.1 Å². The average molecular weight is 448 g/mol. The zero-order valence-corrected chi connectivity index (χ0v) is 18.3. The van der Waals surface area contributed by atoms with E-state index in [0.717, 1.165) is 21.2 Å². The second kappa shape index (κ2) is 10.3. The van der Waals surface area contributed by atoms with E-state index in [4.69, 9.17) is 9.47 Å². The fourth-order valence-corrected chi connectivity index (χ4v) is 3.43. The first-order valence-electron chi connectivity index (χ1n) is 9.13. The quantitative estimate of drug-likeness (QED) is 0.578. The molecule has 28 heavy (non-hydrogen) atoms. The number of hydrogen-bond donors (Lipinski definition) is 1. The van der Waals surface area contributed by atoms with Crippen molar-refractivity contribution in [2.24, 2.45) is 0 Å². The van der Waals surface area contributed by atoms with Crippen molar-refractivity contribution in [1.29, 1.82) is 0 Å². The third kappa shape index (κ3) is 5.83. The predicted molar refractivity (Wildman–Crippen MR) is 113 cm³/mol. The van der Waals surface area contributed by atoms with E-state index >= 15 is 0 Å². The highest BCUT2D eigenvalue weighted by molar-refractivity contribution is 9.10. The summed E-state index contributed by atoms with van der Waals surface area (Å²) in [6.45, 7) is 4.34. The van der Waals surface area contributed by atoms with E-state index in [1.165, 1.54) is 0 Å². The van der Waals surface area contributed by atoms with Crippen LogP contribution in [0, 0.1) is 13.8 Å². The van der Waals surface area contributed by atoms with Crippen LogP contribution < -0.4 is 14.8 Å². The summed E-state index contributed by atoms with van der Waals surface area (Å²) in [6, 6.07) is 9.52. The SMILES string of the molecule is COc1cc(Br)c(CCNC(=O)CCC(=O)c2cc(C)ccc2C)cc1OC. The van der Waals surface area contributed by atoms with E-state index in [1.54, 1.807) is 14.2 Å². The molecule has 0 aliphatic heterocycles. The van der Waals surface area contributed by atoms with Gasteiger partial charge in [0.05, 0.1) is 14.2 Å². The van der Waals surface area contributed by atoms with Crippen LogP contribution in [0.3, 0.4) is 0 Å². The topological polar surface area (TPSA) is 64.6 Å². The summed E-state index contributed by atoms with van der Waals surface area (Å²) in [5.74, 6) is 1.16. The minimum Gasteiger partial charge on any atom is -0.493 e. The number of amides is 1. The highest BCUT2D eigenvalue weighted by Crippen LogP contribution is 2.33. The van der Waals surface area contributed by atoms with E-state index in [9.17, 15) is 9.59 Å². The summed E-state index contributed by atoms with van der Waals surface area (Å²) >= 11 is 3.51. The Morgan fingerprint density at radius 2 is 1.68 bits per heavy atom. The number of benzene rings is 2. The van der Waals surface area contributed by atoms with Crippen LogP contribution in [0.2, 0.25) is 0 Å². The fraction of sp³-hybridized carbons (Fsp3) is 0.364. The van der Waals surface area contributed by atoms with Crippen molar-refractivity contribution in [3.63, 3.8) is 0 Å². The summed E-state index contributed by atoms with van der Waals surface area (Å²) in [6.07, 6.45) is 1.02. The third-order valence-corrected chi connectivity index (χ3v) is 5.28. The van der Waals surface area contributed by atoms with Crippen molar-refractivity contribution >= 4 is 27.6 Å². The van der Waals surface area contributed by atoms with Crippen molar-refractivity contribution in [2.45, 2.75) is 33.1 Å². The molecule has 0 saturated heterocycles. The molecular formula is C22H26BrNO4. The Bertz CT molecular complexity index is 864. The van der Waals surface area contributed by atoms with Gasteiger partial charge in [0.15, 0.2) is 17.3 Å². The Balaban J connectivity index is 1.85. The molecule has 0 aliphatic carbocycles. The maximum atomic E-state index is 12.4. The summed E-state index contributed by atoms with van der Waals surface area (Å²) in [7, 11) is 3.17. The van der Waals surface area contributed by atoms with Crippen molar-refractivity contribution < 1.29 is 19.1 Å². The first-order valence-corrected chi connectivity index (χ1v) is 9.92. The number of ether oxygens (including phenoxy) is 2. The molecule has 0 saturated carbocycles. The molecule has 0 aromatic heterocycles. The van der Waals surface area contributed by atoms with Gasteiger partial charge in [-0.3, -0.25) is 9.59 Å². The highest BCUT2D eigenvalue weighted by atomic mass is 79.9. The van der Waals surface area contributed by atoms with Gasteiger partial charge >= 0.3 is 0 Å². The first-order chi connectivity index (χ1) is 13.3. The lowest BCUT2D eigenvalue weighted by molar-refractivity contribution is -0.121. The van der Waals surface area contributed by atoms with E-state index < -0.39 is 0 Å². The molecule has 0 radical (unpaired) electrons. The number of carbonyl (C=O) groups excluding carboxylic acids is 2. The number of halogens is 1. The monoisotopic (exact) mass is 447 g/mol. The Morgan fingerprint density at radius 1 is 1.00 bits per heavy atom. The van der Waals surface area contributed by atoms with Gasteiger partial charge in [-0.25, -0.2) is 0 Å². The molecule has 0 heterocycles. The number of carbonyl (C=O) groups is 2. The van der Waals surface area contributed by atoms with Gasteiger partial charge in [-0.05, 0) is 49.6 Å². The number of hydrogen-bond acceptors (Lipinski definition) is 4. The normalized spacial score (nSPS) is 10.5. The standard InChI is InChI=1S/C22H26BrNO4/c1-14-5-6-15(2)17(11-14)19(25)7-8-22(26)24-10-9-16-12-20(27-3)21(28-4)13-18(16)23/h5-6,11-13H,7-10H2,1-4H3,(H,24,26). The van der Waals surface area contributed by atoms with Crippen LogP contribution in [0.15, 0.2) is 34.8 Å². The molecular weight excluding hydrogens is 422 g/mol. The number of aryl methyl sites for hydroxylation is 2. The van der Waals surface area contributed by atoms with Crippen LogP contribution in [-0.2, 0) is 11.2 Å². The number of ketones is 1. The predicted octanol–water partition coefficient (Wildman–Crippen LogP) is 4.40. The maximum Gasteiger partial charge on any atom is 0.220 e. The van der Waals surface area contributed by atoms with E-state index in [-0.39, 0.29) is 24.5 Å². The Labute approximate surface area is 174 Å². The van der Waals surface area contributed by atoms with E-state index in [2.05, 4.69) is 21.2 Å². The lowest BCUT2D eigenvalue weighted by atomic mass is 9.99. The Morgan fingerprint density at radius 3 is 2.36 bits per heavy atom. The summed E-state index contributed by atoms with van der Waals surface area (Å²) in [5, 5.41) is 2.87. The largest absolute Gasteiger partial charge is 0.493 e. The zero-order chi connectivity index (χ0) is 20.7. The van der Waals surface area contributed by atoms with Crippen LogP contribution in [0.4, 0.5) is 0 Å². The number of Topliss-reactive ketones (excluding diaryl/α,β-unsaturated/α-hetero) is 1. The van der Waals surface area contributed by atoms with Gasteiger partial charge in [-0.2, -0.15) is 0 Å². The molecule has 2 aromatic carbocycles. The minimum atomic E-state index is -0.129. The maximum absolute atomic E-state index is 12.4. The van der Waals surface area contributed by atoms with Crippen LogP contribution in [-0.4, -0.2) is 32.5 Å². The molecule has 2 rings (SSSR count). The van der Waals surface area contributed by atoms with Gasteiger partial charge in [0.1, 0.15) is 0 Å². The summed E-state index contributed by atoms with van der Waals surface area (Å²) in [4.78, 5) is 24.5. The molecule has 0 spiro atoms. The van der Waals surface area contributed by atoms with Crippen LogP contribution >= 0.6 is 15.9 Å². The van der Waals surface area contributed by atoms with Gasteiger partial charge in [0.2, 0.25) is 5.91 Å². The minimum absolute atomic E-state index is 0.000940. The van der Waals surface area contributed by atoms with Gasteiger partial charge in [-0.15, -0.1) is 0 Å². The molecule has 1 amide bonds. The second-order valence-electron chi connectivity index (χ2n) is 6.64. The highest BCUT2D eigenvalue weighted by Gasteiger charge is 2.13. The van der Waals surface area contributed by atoms with Crippen LogP contribution in [0.5, 0.6) is 11.5 Å². The lowest BCUT2D eigenvalue weighted by Crippen LogP contribution is -2.26. The molecule has 1 N–H and O–H groups in total. The summed E-state index contributed by atoms with van der Waals surface area (Å²) < 4.78 is 11.5. The van der Waals surface area contributed by atoms with E-state index in [0.29, 0.717) is 30.0 Å². The molecule has 0 bridgehead atoms. The molecule has 6 heteroatoms. The van der Waals surface area contributed by atoms with E-state index in [1.807, 2.05) is 44.2 Å². The van der Waals surface area contributed by atoms with Crippen molar-refractivity contribution in [3.8, 4) is 11.5 Å². The van der Waals surface area contributed by atoms with Crippen molar-refractivity contribution in [2.75, 3.05) is 20.8 Å². The zero-order valence-electron chi connectivity index (χ0n) is 16.7. The fourth-order valence-electron chi connectivity index (χ4n) is 2.91.